The summed E-state index contributed by atoms with van der Waals surface area (Å²) in [6.45, 7) is 4.40. The van der Waals surface area contributed by atoms with Crippen LogP contribution in [0.15, 0.2) is 35.5 Å². The average Bonchev–Trinajstić information content (AvgIpc) is 3.06. The summed E-state index contributed by atoms with van der Waals surface area (Å²) in [5, 5.41) is -0.146. The Labute approximate surface area is 175 Å². The number of fused-ring (bicyclic) bond motifs is 1. The normalized spacial score (nSPS) is 13.2. The number of imidazole rings is 1. The number of nitrogen functional groups attached to an aromatic ring is 1. The number of carbonyl (C=O) groups excluding carboxylic acids is 1. The lowest BCUT2D eigenvalue weighted by molar-refractivity contribution is 0.159. The van der Waals surface area contributed by atoms with Crippen LogP contribution in [0.25, 0.3) is 11.2 Å². The van der Waals surface area contributed by atoms with E-state index < -0.39 is 15.8 Å². The van der Waals surface area contributed by atoms with Crippen LogP contribution in [0.3, 0.4) is 0 Å². The van der Waals surface area contributed by atoms with E-state index >= 15 is 0 Å². The largest absolute Gasteiger partial charge is 0.417 e. The van der Waals surface area contributed by atoms with E-state index in [0.717, 1.165) is 5.56 Å². The number of nitrogens with zero attached hydrogens (tertiary/aromatic N) is 5. The first kappa shape index (κ1) is 21.5. The number of nitrogens with one attached hydrogen (secondary N) is 1. The Morgan fingerprint density at radius 1 is 1.23 bits per heavy atom. The maximum Gasteiger partial charge on any atom is 0.417 e. The molecule has 1 atom stereocenters. The molecule has 0 aliphatic heterocycles. The summed E-state index contributed by atoms with van der Waals surface area (Å²) in [4.78, 5) is 26.5. The number of nitrogens with two attached hydrogens (primary N) is 1. The number of benzene rings is 1. The van der Waals surface area contributed by atoms with E-state index in [1.807, 2.05) is 44.2 Å². The van der Waals surface area contributed by atoms with Crippen LogP contribution < -0.4 is 10.5 Å². The fraction of sp³-hybridized carbons (Fsp3) is 0.368. The number of rotatable bonds is 7. The van der Waals surface area contributed by atoms with Gasteiger partial charge >= 0.3 is 12.1 Å². The number of anilines is 1. The van der Waals surface area contributed by atoms with Crippen LogP contribution in [-0.4, -0.2) is 54.1 Å². The van der Waals surface area contributed by atoms with Crippen molar-refractivity contribution in [3.8, 4) is 6.01 Å². The quantitative estimate of drug-likeness (QED) is 0.548. The van der Waals surface area contributed by atoms with Gasteiger partial charge in [-0.25, -0.2) is 18.8 Å². The Kier molecular flexibility index (Phi) is 6.20. The lowest BCUT2D eigenvalue weighted by Crippen LogP contribution is -2.30. The molecule has 1 aromatic carbocycles. The molecule has 0 spiro atoms. The molecule has 1 amide bonds. The standard InChI is InChI=1S/C19H25N7O3S/c1-4-11-30(21,28)17-23-15(20)14-16(24-17)26(12-13-9-7-6-8-10-13)18(22-14)29-19(27)25(3)5-2/h6-10,21H,4-5,11-12H2,1-3H3,(H2,20,23,24). The molecule has 0 saturated heterocycles. The lowest BCUT2D eigenvalue weighted by atomic mass is 10.2. The zero-order chi connectivity index (χ0) is 21.9. The van der Waals surface area contributed by atoms with Crippen molar-refractivity contribution in [3.63, 3.8) is 0 Å². The second kappa shape index (κ2) is 8.66. The van der Waals surface area contributed by atoms with Gasteiger partial charge in [0.25, 0.3) is 0 Å². The van der Waals surface area contributed by atoms with Crippen LogP contribution in [0.2, 0.25) is 0 Å². The van der Waals surface area contributed by atoms with Gasteiger partial charge in [0.15, 0.2) is 17.0 Å². The van der Waals surface area contributed by atoms with Crippen molar-refractivity contribution in [3.05, 3.63) is 35.9 Å². The molecule has 3 rings (SSSR count). The second-order valence-electron chi connectivity index (χ2n) is 6.79. The first-order chi connectivity index (χ1) is 14.3. The number of ether oxygens (including phenoxy) is 1. The van der Waals surface area contributed by atoms with E-state index in [1.165, 1.54) is 4.90 Å². The number of amides is 1. The van der Waals surface area contributed by atoms with Crippen LogP contribution in [-0.2, 0) is 16.3 Å². The number of carbonyl (C=O) groups is 1. The first-order valence-corrected chi connectivity index (χ1v) is 11.3. The Morgan fingerprint density at radius 3 is 2.57 bits per heavy atom. The van der Waals surface area contributed by atoms with Gasteiger partial charge in [-0.05, 0) is 18.9 Å². The molecule has 11 heteroatoms. The van der Waals surface area contributed by atoms with Crippen LogP contribution in [0.1, 0.15) is 25.8 Å². The molecule has 160 valence electrons. The first-order valence-electron chi connectivity index (χ1n) is 9.54. The van der Waals surface area contributed by atoms with Gasteiger partial charge in [-0.3, -0.25) is 4.57 Å². The zero-order valence-corrected chi connectivity index (χ0v) is 18.0. The van der Waals surface area contributed by atoms with E-state index in [9.17, 15) is 9.00 Å². The minimum Gasteiger partial charge on any atom is -0.382 e. The van der Waals surface area contributed by atoms with Gasteiger partial charge in [0.05, 0.1) is 6.54 Å². The third-order valence-electron chi connectivity index (χ3n) is 4.50. The van der Waals surface area contributed by atoms with Crippen LogP contribution in [0, 0.1) is 4.78 Å². The van der Waals surface area contributed by atoms with Crippen LogP contribution in [0.4, 0.5) is 10.6 Å². The maximum atomic E-state index is 12.7. The van der Waals surface area contributed by atoms with Crippen molar-refractivity contribution >= 4 is 32.8 Å². The highest BCUT2D eigenvalue weighted by Crippen LogP contribution is 2.26. The Bertz CT molecular complexity index is 1160. The number of hydrogen-bond donors (Lipinski definition) is 2. The Hall–Kier alpha value is -3.21. The zero-order valence-electron chi connectivity index (χ0n) is 17.2. The van der Waals surface area contributed by atoms with Crippen molar-refractivity contribution in [2.75, 3.05) is 25.1 Å². The highest BCUT2D eigenvalue weighted by molar-refractivity contribution is 7.92. The van der Waals surface area contributed by atoms with Crippen LogP contribution in [0.5, 0.6) is 6.01 Å². The van der Waals surface area contributed by atoms with E-state index in [4.69, 9.17) is 15.3 Å². The fourth-order valence-corrected chi connectivity index (χ4v) is 4.02. The van der Waals surface area contributed by atoms with Gasteiger partial charge in [0.2, 0.25) is 5.16 Å². The van der Waals surface area contributed by atoms with Gasteiger partial charge in [0.1, 0.15) is 9.73 Å². The fourth-order valence-electron chi connectivity index (χ4n) is 2.78. The predicted molar refractivity (Wildman–Crippen MR) is 114 cm³/mol. The average molecular weight is 432 g/mol. The van der Waals surface area contributed by atoms with Crippen molar-refractivity contribution in [2.24, 2.45) is 0 Å². The van der Waals surface area contributed by atoms with Crippen molar-refractivity contribution in [2.45, 2.75) is 32.0 Å². The van der Waals surface area contributed by atoms with Gasteiger partial charge in [-0.2, -0.15) is 9.97 Å². The van der Waals surface area contributed by atoms with Crippen LogP contribution >= 0.6 is 0 Å². The molecule has 2 aromatic heterocycles. The smallest absolute Gasteiger partial charge is 0.382 e. The summed E-state index contributed by atoms with van der Waals surface area (Å²) in [6.07, 6.45) is -0.0387. The molecule has 2 heterocycles. The van der Waals surface area contributed by atoms with E-state index in [-0.39, 0.29) is 33.9 Å². The highest BCUT2D eigenvalue weighted by Gasteiger charge is 2.24. The van der Waals surface area contributed by atoms with Crippen molar-refractivity contribution < 1.29 is 13.7 Å². The number of aromatic nitrogens is 4. The number of hydrogen-bond acceptors (Lipinski definition) is 8. The summed E-state index contributed by atoms with van der Waals surface area (Å²) in [5.74, 6) is 0.104. The Balaban J connectivity index is 2.18. The van der Waals surface area contributed by atoms with E-state index in [1.54, 1.807) is 11.6 Å². The molecule has 0 aliphatic rings. The lowest BCUT2D eigenvalue weighted by Gasteiger charge is -2.14. The van der Waals surface area contributed by atoms with Crippen molar-refractivity contribution in [1.82, 2.24) is 24.4 Å². The maximum absolute atomic E-state index is 12.7. The SMILES string of the molecule is CCCS(=N)(=O)c1nc(N)c2nc(OC(=O)N(C)CC)n(Cc3ccccc3)c2n1. The Morgan fingerprint density at radius 2 is 1.93 bits per heavy atom. The minimum absolute atomic E-state index is 0.00396. The van der Waals surface area contributed by atoms with Gasteiger partial charge in [0, 0.05) is 19.3 Å². The van der Waals surface area contributed by atoms with E-state index in [0.29, 0.717) is 19.5 Å². The topological polar surface area (TPSA) is 140 Å². The van der Waals surface area contributed by atoms with E-state index in [2.05, 4.69) is 15.0 Å². The monoisotopic (exact) mass is 431 g/mol. The van der Waals surface area contributed by atoms with Gasteiger partial charge in [-0.1, -0.05) is 37.3 Å². The molecule has 1 unspecified atom stereocenters. The summed E-state index contributed by atoms with van der Waals surface area (Å²) in [5.41, 5.74) is 7.46. The molecular formula is C19H25N7O3S. The summed E-state index contributed by atoms with van der Waals surface area (Å²) >= 11 is 0. The molecule has 0 fully saturated rings. The molecular weight excluding hydrogens is 406 g/mol. The second-order valence-corrected chi connectivity index (χ2v) is 8.92. The molecule has 30 heavy (non-hydrogen) atoms. The molecule has 0 radical (unpaired) electrons. The summed E-state index contributed by atoms with van der Waals surface area (Å²) in [7, 11) is -1.59. The van der Waals surface area contributed by atoms with Gasteiger partial charge in [-0.15, -0.1) is 0 Å². The van der Waals surface area contributed by atoms with Gasteiger partial charge < -0.3 is 15.4 Å². The third kappa shape index (κ3) is 4.35. The highest BCUT2D eigenvalue weighted by atomic mass is 32.2. The molecule has 3 aromatic rings. The molecule has 0 aliphatic carbocycles. The third-order valence-corrected chi connectivity index (χ3v) is 6.26. The molecule has 10 nitrogen and oxygen atoms in total. The molecule has 0 saturated carbocycles. The summed E-state index contributed by atoms with van der Waals surface area (Å²) < 4.78 is 27.9. The molecule has 0 bridgehead atoms. The summed E-state index contributed by atoms with van der Waals surface area (Å²) in [6, 6.07) is 9.49. The van der Waals surface area contributed by atoms with Crippen molar-refractivity contribution in [1.29, 1.82) is 4.78 Å². The predicted octanol–water partition coefficient (Wildman–Crippen LogP) is 2.72. The molecule has 3 N–H and O–H groups in total. The minimum atomic E-state index is -3.20.